The Balaban J connectivity index is 1.98. The van der Waals surface area contributed by atoms with Gasteiger partial charge >= 0.3 is 5.69 Å². The van der Waals surface area contributed by atoms with Crippen LogP contribution in [0.25, 0.3) is 10.9 Å². The number of nitrogens with one attached hydrogen (secondary N) is 3. The van der Waals surface area contributed by atoms with Gasteiger partial charge in [0.1, 0.15) is 0 Å². The fraction of sp³-hybridized carbons (Fsp3) is 0.125. The lowest BCUT2D eigenvalue weighted by atomic mass is 10.1. The summed E-state index contributed by atoms with van der Waals surface area (Å²) in [5, 5.41) is 0.586. The van der Waals surface area contributed by atoms with E-state index in [1.165, 1.54) is 18.2 Å². The first-order chi connectivity index (χ1) is 11.8. The van der Waals surface area contributed by atoms with Crippen molar-refractivity contribution in [2.75, 3.05) is 0 Å². The minimum Gasteiger partial charge on any atom is -0.307 e. The maximum Gasteiger partial charge on any atom is 0.326 e. The Hall–Kier alpha value is -2.42. The number of halogens is 1. The molecule has 2 aromatic carbocycles. The molecule has 0 bridgehead atoms. The number of aromatic nitrogens is 2. The molecule has 0 saturated carbocycles. The van der Waals surface area contributed by atoms with E-state index in [1.54, 1.807) is 31.2 Å². The molecule has 1 atom stereocenters. The molecule has 130 valence electrons. The molecule has 0 aliphatic heterocycles. The van der Waals surface area contributed by atoms with Gasteiger partial charge in [-0.05, 0) is 42.8 Å². The van der Waals surface area contributed by atoms with Gasteiger partial charge in [0.25, 0.3) is 5.56 Å². The first kappa shape index (κ1) is 17.4. The zero-order chi connectivity index (χ0) is 18.2. The fourth-order valence-electron chi connectivity index (χ4n) is 2.46. The maximum atomic E-state index is 12.6. The van der Waals surface area contributed by atoms with Crippen LogP contribution in [0.1, 0.15) is 18.5 Å². The minimum absolute atomic E-state index is 0.0774. The highest BCUT2D eigenvalue weighted by atomic mass is 35.5. The normalized spacial score (nSPS) is 13.0. The molecule has 0 radical (unpaired) electrons. The zero-order valence-corrected chi connectivity index (χ0v) is 14.6. The molecule has 1 heterocycles. The molecule has 9 heteroatoms. The average molecular weight is 380 g/mol. The predicted octanol–water partition coefficient (Wildman–Crippen LogP) is 1.91. The summed E-state index contributed by atoms with van der Waals surface area (Å²) in [6, 6.07) is 10.3. The standard InChI is InChI=1S/C16H14ClN3O4S/c1-9(10-3-2-4-11(17)7-10)20-25(23,24)12-5-6-14-13(8-12)15(21)19-16(22)18-14/h2-9,20H,1H3,(H2,18,19,21,22). The van der Waals surface area contributed by atoms with E-state index in [0.717, 1.165) is 0 Å². The lowest BCUT2D eigenvalue weighted by Crippen LogP contribution is -2.27. The van der Waals surface area contributed by atoms with E-state index in [-0.39, 0.29) is 15.8 Å². The van der Waals surface area contributed by atoms with E-state index in [0.29, 0.717) is 10.6 Å². The van der Waals surface area contributed by atoms with Crippen LogP contribution >= 0.6 is 11.6 Å². The Bertz CT molecular complexity index is 1170. The Kier molecular flexibility index (Phi) is 4.51. The van der Waals surface area contributed by atoms with Crippen LogP contribution < -0.4 is 16.0 Å². The SMILES string of the molecule is CC(NS(=O)(=O)c1ccc2[nH]c(=O)[nH]c(=O)c2c1)c1cccc(Cl)c1. The van der Waals surface area contributed by atoms with Crippen molar-refractivity contribution in [2.45, 2.75) is 17.9 Å². The van der Waals surface area contributed by atoms with Crippen LogP contribution in [0, 0.1) is 0 Å². The van der Waals surface area contributed by atoms with Gasteiger partial charge in [-0.3, -0.25) is 9.78 Å². The molecule has 0 fully saturated rings. The third-order valence-electron chi connectivity index (χ3n) is 3.70. The molecule has 25 heavy (non-hydrogen) atoms. The van der Waals surface area contributed by atoms with Crippen LogP contribution in [-0.4, -0.2) is 18.4 Å². The molecule has 0 aliphatic rings. The molecule has 1 unspecified atom stereocenters. The van der Waals surface area contributed by atoms with Gasteiger partial charge < -0.3 is 4.98 Å². The predicted molar refractivity (Wildman–Crippen MR) is 95.4 cm³/mol. The maximum absolute atomic E-state index is 12.6. The quantitative estimate of drug-likeness (QED) is 0.642. The van der Waals surface area contributed by atoms with E-state index in [9.17, 15) is 18.0 Å². The molecular weight excluding hydrogens is 366 g/mol. The second-order valence-corrected chi connectivity index (χ2v) is 7.66. The van der Waals surface area contributed by atoms with Gasteiger partial charge in [0.2, 0.25) is 10.0 Å². The van der Waals surface area contributed by atoms with Crippen molar-refractivity contribution >= 4 is 32.5 Å². The van der Waals surface area contributed by atoms with E-state index in [1.807, 2.05) is 0 Å². The zero-order valence-electron chi connectivity index (χ0n) is 13.0. The highest BCUT2D eigenvalue weighted by molar-refractivity contribution is 7.89. The van der Waals surface area contributed by atoms with Crippen LogP contribution in [0.2, 0.25) is 5.02 Å². The number of rotatable bonds is 4. The summed E-state index contributed by atoms with van der Waals surface area (Å²) in [5.41, 5.74) is -0.339. The van der Waals surface area contributed by atoms with Gasteiger partial charge in [0.05, 0.1) is 15.8 Å². The van der Waals surface area contributed by atoms with Gasteiger partial charge in [0.15, 0.2) is 0 Å². The monoisotopic (exact) mass is 379 g/mol. The van der Waals surface area contributed by atoms with Crippen LogP contribution in [0.3, 0.4) is 0 Å². The number of H-pyrrole nitrogens is 2. The highest BCUT2D eigenvalue weighted by Crippen LogP contribution is 2.21. The molecular formula is C16H14ClN3O4S. The fourth-order valence-corrected chi connectivity index (χ4v) is 3.91. The van der Waals surface area contributed by atoms with E-state index in [2.05, 4.69) is 14.7 Å². The van der Waals surface area contributed by atoms with Crippen LogP contribution in [0.4, 0.5) is 0 Å². The topological polar surface area (TPSA) is 112 Å². The number of aromatic amines is 2. The molecule has 1 aromatic heterocycles. The first-order valence-corrected chi connectivity index (χ1v) is 9.16. The Morgan fingerprint density at radius 3 is 2.56 bits per heavy atom. The Morgan fingerprint density at radius 1 is 1.08 bits per heavy atom. The van der Waals surface area contributed by atoms with Crippen molar-refractivity contribution in [3.05, 3.63) is 73.9 Å². The largest absolute Gasteiger partial charge is 0.326 e. The number of benzene rings is 2. The van der Waals surface area contributed by atoms with Crippen molar-refractivity contribution in [2.24, 2.45) is 0 Å². The Morgan fingerprint density at radius 2 is 1.84 bits per heavy atom. The lowest BCUT2D eigenvalue weighted by Gasteiger charge is -2.15. The lowest BCUT2D eigenvalue weighted by molar-refractivity contribution is 0.567. The van der Waals surface area contributed by atoms with Gasteiger partial charge in [-0.2, -0.15) is 0 Å². The summed E-state index contributed by atoms with van der Waals surface area (Å²) >= 11 is 5.93. The van der Waals surface area contributed by atoms with E-state index in [4.69, 9.17) is 11.6 Å². The van der Waals surface area contributed by atoms with Gasteiger partial charge in [0, 0.05) is 11.1 Å². The van der Waals surface area contributed by atoms with Crippen molar-refractivity contribution in [3.63, 3.8) is 0 Å². The number of hydrogen-bond acceptors (Lipinski definition) is 4. The molecule has 0 aliphatic carbocycles. The van der Waals surface area contributed by atoms with Crippen molar-refractivity contribution in [1.29, 1.82) is 0 Å². The third kappa shape index (κ3) is 3.65. The van der Waals surface area contributed by atoms with Crippen LogP contribution in [0.5, 0.6) is 0 Å². The highest BCUT2D eigenvalue weighted by Gasteiger charge is 2.19. The second-order valence-electron chi connectivity index (χ2n) is 5.51. The van der Waals surface area contributed by atoms with Crippen molar-refractivity contribution in [1.82, 2.24) is 14.7 Å². The summed E-state index contributed by atoms with van der Waals surface area (Å²) in [6.45, 7) is 1.69. The van der Waals surface area contributed by atoms with Crippen molar-refractivity contribution in [3.8, 4) is 0 Å². The molecule has 3 rings (SSSR count). The second kappa shape index (κ2) is 6.47. The first-order valence-electron chi connectivity index (χ1n) is 7.30. The third-order valence-corrected chi connectivity index (χ3v) is 5.48. The van der Waals surface area contributed by atoms with Crippen molar-refractivity contribution < 1.29 is 8.42 Å². The van der Waals surface area contributed by atoms with Crippen LogP contribution in [-0.2, 0) is 10.0 Å². The summed E-state index contributed by atoms with van der Waals surface area (Å²) in [7, 11) is -3.88. The van der Waals surface area contributed by atoms with Crippen LogP contribution in [0.15, 0.2) is 56.9 Å². The Labute approximate surface area is 147 Å². The van der Waals surface area contributed by atoms with E-state index >= 15 is 0 Å². The number of sulfonamides is 1. The molecule has 7 nitrogen and oxygen atoms in total. The average Bonchev–Trinajstić information content (AvgIpc) is 2.54. The minimum atomic E-state index is -3.88. The number of fused-ring (bicyclic) bond motifs is 1. The molecule has 0 spiro atoms. The molecule has 0 amide bonds. The summed E-state index contributed by atoms with van der Waals surface area (Å²) in [4.78, 5) is 27.5. The molecule has 3 aromatic rings. The van der Waals surface area contributed by atoms with Gasteiger partial charge in [-0.1, -0.05) is 23.7 Å². The smallest absolute Gasteiger partial charge is 0.307 e. The summed E-state index contributed by atoms with van der Waals surface area (Å²) < 4.78 is 27.7. The molecule has 3 N–H and O–H groups in total. The molecule has 0 saturated heterocycles. The van der Waals surface area contributed by atoms with E-state index < -0.39 is 27.3 Å². The van der Waals surface area contributed by atoms with Gasteiger partial charge in [-0.25, -0.2) is 17.9 Å². The number of hydrogen-bond donors (Lipinski definition) is 3. The summed E-state index contributed by atoms with van der Waals surface area (Å²) in [5.74, 6) is 0. The summed E-state index contributed by atoms with van der Waals surface area (Å²) in [6.07, 6.45) is 0. The van der Waals surface area contributed by atoms with Gasteiger partial charge in [-0.15, -0.1) is 0 Å².